The molecule has 6 nitrogen and oxygen atoms in total. The number of benzene rings is 3. The summed E-state index contributed by atoms with van der Waals surface area (Å²) in [5.74, 6) is -0.218. The van der Waals surface area contributed by atoms with Crippen LogP contribution in [0.5, 0.6) is 0 Å². The maximum absolute atomic E-state index is 14.5. The molecule has 0 bridgehead atoms. The molecule has 178 valence electrons. The van der Waals surface area contributed by atoms with Gasteiger partial charge in [-0.1, -0.05) is 66.7 Å². The standard InChI is InChI=1S/C29H29N3O3/c1-28(2,3)35-27(34)30-29(23-19-31(4)24-16-10-8-14-21(23)24)22-15-9-11-17-25(22)32(26(29)33)18-20-12-6-5-7-13-20/h5-17,19H,18H2,1-4H3,(H,30,34). The number of carbonyl (C=O) groups excluding carboxylic acids is 2. The third-order valence-corrected chi connectivity index (χ3v) is 6.34. The molecule has 0 fully saturated rings. The molecule has 5 rings (SSSR count). The van der Waals surface area contributed by atoms with Crippen molar-refractivity contribution >= 4 is 28.6 Å². The second-order valence-electron chi connectivity index (χ2n) is 9.94. The second-order valence-corrected chi connectivity index (χ2v) is 9.94. The topological polar surface area (TPSA) is 63.6 Å². The number of rotatable bonds is 4. The average molecular weight is 468 g/mol. The number of aromatic nitrogens is 1. The zero-order valence-electron chi connectivity index (χ0n) is 20.4. The largest absolute Gasteiger partial charge is 0.444 e. The summed E-state index contributed by atoms with van der Waals surface area (Å²) >= 11 is 0. The molecule has 1 aliphatic rings. The fraction of sp³-hybridized carbons (Fsp3) is 0.241. The van der Waals surface area contributed by atoms with Crippen molar-refractivity contribution < 1.29 is 14.3 Å². The third-order valence-electron chi connectivity index (χ3n) is 6.34. The lowest BCUT2D eigenvalue weighted by molar-refractivity contribution is -0.123. The SMILES string of the molecule is Cn1cc(C2(NC(=O)OC(C)(C)C)C(=O)N(Cc3ccccc3)c3ccccc32)c2ccccc21. The van der Waals surface area contributed by atoms with Gasteiger partial charge in [0.05, 0.1) is 12.2 Å². The molecule has 1 aromatic heterocycles. The maximum Gasteiger partial charge on any atom is 0.409 e. The van der Waals surface area contributed by atoms with Crippen LogP contribution in [0.2, 0.25) is 0 Å². The predicted molar refractivity (Wildman–Crippen MR) is 137 cm³/mol. The lowest BCUT2D eigenvalue weighted by Gasteiger charge is -2.31. The van der Waals surface area contributed by atoms with Crippen molar-refractivity contribution in [3.8, 4) is 0 Å². The number of nitrogens with zero attached hydrogens (tertiary/aromatic N) is 2. The quantitative estimate of drug-likeness (QED) is 0.431. The van der Waals surface area contributed by atoms with E-state index in [0.29, 0.717) is 6.54 Å². The lowest BCUT2D eigenvalue weighted by Crippen LogP contribution is -2.54. The molecular weight excluding hydrogens is 438 g/mol. The molecule has 0 aliphatic carbocycles. The third kappa shape index (κ3) is 3.85. The molecule has 0 saturated heterocycles. The summed E-state index contributed by atoms with van der Waals surface area (Å²) in [6.45, 7) is 5.81. The van der Waals surface area contributed by atoms with Crippen LogP contribution in [0, 0.1) is 0 Å². The van der Waals surface area contributed by atoms with Crippen molar-refractivity contribution in [2.45, 2.75) is 38.5 Å². The van der Waals surface area contributed by atoms with Gasteiger partial charge in [0.25, 0.3) is 5.91 Å². The van der Waals surface area contributed by atoms with E-state index >= 15 is 0 Å². The lowest BCUT2D eigenvalue weighted by atomic mass is 9.83. The van der Waals surface area contributed by atoms with E-state index < -0.39 is 17.2 Å². The molecule has 1 atom stereocenters. The zero-order chi connectivity index (χ0) is 24.8. The monoisotopic (exact) mass is 467 g/mol. The molecule has 2 heterocycles. The Morgan fingerprint density at radius 1 is 0.914 bits per heavy atom. The number of alkyl carbamates (subject to hydrolysis) is 1. The summed E-state index contributed by atoms with van der Waals surface area (Å²) in [4.78, 5) is 29.5. The number of hydrogen-bond acceptors (Lipinski definition) is 3. The van der Waals surface area contributed by atoms with Crippen molar-refractivity contribution in [1.82, 2.24) is 9.88 Å². The minimum atomic E-state index is -1.44. The Morgan fingerprint density at radius 2 is 1.57 bits per heavy atom. The Bertz CT molecular complexity index is 1420. The minimum absolute atomic E-state index is 0.218. The summed E-state index contributed by atoms with van der Waals surface area (Å²) in [6, 6.07) is 25.4. The van der Waals surface area contributed by atoms with Crippen LogP contribution in [0.1, 0.15) is 37.5 Å². The molecule has 0 spiro atoms. The average Bonchev–Trinajstić information content (AvgIpc) is 3.27. The normalized spacial score (nSPS) is 17.5. The van der Waals surface area contributed by atoms with Crippen molar-refractivity contribution in [1.29, 1.82) is 0 Å². The number of aryl methyl sites for hydroxylation is 1. The maximum atomic E-state index is 14.5. The van der Waals surface area contributed by atoms with Gasteiger partial charge in [-0.3, -0.25) is 10.1 Å². The van der Waals surface area contributed by atoms with Crippen LogP contribution in [0.4, 0.5) is 10.5 Å². The van der Waals surface area contributed by atoms with Gasteiger partial charge in [-0.25, -0.2) is 4.79 Å². The van der Waals surface area contributed by atoms with Crippen LogP contribution in [-0.4, -0.2) is 22.2 Å². The van der Waals surface area contributed by atoms with E-state index in [4.69, 9.17) is 4.74 Å². The number of ether oxygens (including phenoxy) is 1. The Labute approximate surface area is 205 Å². The van der Waals surface area contributed by atoms with E-state index in [1.165, 1.54) is 0 Å². The van der Waals surface area contributed by atoms with Crippen LogP contribution in [0.25, 0.3) is 10.9 Å². The first-order valence-corrected chi connectivity index (χ1v) is 11.7. The highest BCUT2D eigenvalue weighted by atomic mass is 16.6. The minimum Gasteiger partial charge on any atom is -0.444 e. The van der Waals surface area contributed by atoms with Gasteiger partial charge in [-0.15, -0.1) is 0 Å². The number of para-hydroxylation sites is 2. The Hall–Kier alpha value is -4.06. The smallest absolute Gasteiger partial charge is 0.409 e. The van der Waals surface area contributed by atoms with Gasteiger partial charge in [-0.05, 0) is 38.5 Å². The number of amides is 2. The van der Waals surface area contributed by atoms with Crippen LogP contribution in [0.3, 0.4) is 0 Å². The van der Waals surface area contributed by atoms with Gasteiger partial charge in [-0.2, -0.15) is 0 Å². The molecule has 1 aliphatic heterocycles. The molecule has 1 unspecified atom stereocenters. The summed E-state index contributed by atoms with van der Waals surface area (Å²) in [6.07, 6.45) is 1.29. The van der Waals surface area contributed by atoms with Gasteiger partial charge >= 0.3 is 6.09 Å². The molecule has 0 radical (unpaired) electrons. The molecule has 0 saturated carbocycles. The van der Waals surface area contributed by atoms with Crippen molar-refractivity contribution in [2.75, 3.05) is 4.90 Å². The van der Waals surface area contributed by atoms with E-state index in [1.54, 1.807) is 4.90 Å². The van der Waals surface area contributed by atoms with E-state index in [9.17, 15) is 9.59 Å². The number of anilines is 1. The van der Waals surface area contributed by atoms with Gasteiger partial charge < -0.3 is 14.2 Å². The molecule has 4 aromatic rings. The molecule has 3 aromatic carbocycles. The van der Waals surface area contributed by atoms with Crippen molar-refractivity contribution in [3.63, 3.8) is 0 Å². The zero-order valence-corrected chi connectivity index (χ0v) is 20.4. The van der Waals surface area contributed by atoms with Crippen molar-refractivity contribution in [3.05, 3.63) is 102 Å². The Kier molecular flexibility index (Phi) is 5.39. The molecule has 1 N–H and O–H groups in total. The highest BCUT2D eigenvalue weighted by Gasteiger charge is 2.55. The van der Waals surface area contributed by atoms with Crippen LogP contribution in [0.15, 0.2) is 85.1 Å². The highest BCUT2D eigenvalue weighted by Crippen LogP contribution is 2.47. The van der Waals surface area contributed by atoms with E-state index in [2.05, 4.69) is 5.32 Å². The molecule has 6 heteroatoms. The molecule has 2 amide bonds. The second kappa shape index (κ2) is 8.31. The Morgan fingerprint density at radius 3 is 2.31 bits per heavy atom. The number of carbonyl (C=O) groups is 2. The number of hydrogen-bond donors (Lipinski definition) is 1. The van der Waals surface area contributed by atoms with Gasteiger partial charge in [0.1, 0.15) is 5.60 Å². The summed E-state index contributed by atoms with van der Waals surface area (Å²) in [7, 11) is 1.94. The van der Waals surface area contributed by atoms with Crippen LogP contribution >= 0.6 is 0 Å². The molecular formula is C29H29N3O3. The van der Waals surface area contributed by atoms with Gasteiger partial charge in [0.2, 0.25) is 0 Å². The fourth-order valence-electron chi connectivity index (χ4n) is 4.92. The summed E-state index contributed by atoms with van der Waals surface area (Å²) in [5, 5.41) is 3.93. The van der Waals surface area contributed by atoms with E-state index in [0.717, 1.165) is 33.3 Å². The first-order valence-electron chi connectivity index (χ1n) is 11.7. The van der Waals surface area contributed by atoms with E-state index in [-0.39, 0.29) is 5.91 Å². The van der Waals surface area contributed by atoms with Gasteiger partial charge in [0, 0.05) is 35.3 Å². The Balaban J connectivity index is 1.73. The van der Waals surface area contributed by atoms with Crippen LogP contribution < -0.4 is 10.2 Å². The van der Waals surface area contributed by atoms with Crippen LogP contribution in [-0.2, 0) is 28.7 Å². The fourth-order valence-corrected chi connectivity index (χ4v) is 4.92. The number of nitrogens with one attached hydrogen (secondary N) is 1. The molecule has 35 heavy (non-hydrogen) atoms. The van der Waals surface area contributed by atoms with Gasteiger partial charge in [0.15, 0.2) is 5.54 Å². The highest BCUT2D eigenvalue weighted by molar-refractivity contribution is 6.13. The number of fused-ring (bicyclic) bond motifs is 2. The van der Waals surface area contributed by atoms with E-state index in [1.807, 2.05) is 117 Å². The van der Waals surface area contributed by atoms with Crippen molar-refractivity contribution in [2.24, 2.45) is 7.05 Å². The summed E-state index contributed by atoms with van der Waals surface area (Å²) < 4.78 is 7.64. The first-order chi connectivity index (χ1) is 16.7. The first kappa shape index (κ1) is 22.7. The summed E-state index contributed by atoms with van der Waals surface area (Å²) in [5.41, 5.74) is 2.04. The predicted octanol–water partition coefficient (Wildman–Crippen LogP) is 5.49.